The van der Waals surface area contributed by atoms with Gasteiger partial charge in [-0.2, -0.15) is 0 Å². The summed E-state index contributed by atoms with van der Waals surface area (Å²) in [5, 5.41) is 2.88. The Balaban J connectivity index is 0.00000288. The average Bonchev–Trinajstić information content (AvgIpc) is 2.97. The van der Waals surface area contributed by atoms with Crippen molar-refractivity contribution >= 4 is 18.3 Å². The number of halogens is 1. The molecule has 0 atom stereocenters. The van der Waals surface area contributed by atoms with E-state index in [9.17, 15) is 4.79 Å². The highest BCUT2D eigenvalue weighted by Crippen LogP contribution is 2.32. The Bertz CT molecular complexity index is 538. The van der Waals surface area contributed by atoms with E-state index in [-0.39, 0.29) is 18.3 Å². The number of hydrogen-bond acceptors (Lipinski definition) is 4. The molecule has 2 rings (SSSR count). The summed E-state index contributed by atoms with van der Waals surface area (Å²) in [6, 6.07) is 5.80. The van der Waals surface area contributed by atoms with Gasteiger partial charge in [-0.05, 0) is 57.2 Å². The van der Waals surface area contributed by atoms with Gasteiger partial charge in [-0.15, -0.1) is 12.4 Å². The predicted molar refractivity (Wildman–Crippen MR) is 97.9 cm³/mol. The minimum Gasteiger partial charge on any atom is -0.493 e. The molecule has 0 bridgehead atoms. The summed E-state index contributed by atoms with van der Waals surface area (Å²) in [5.74, 6) is 1.43. The quantitative estimate of drug-likeness (QED) is 0.786. The molecule has 1 aromatic carbocycles. The van der Waals surface area contributed by atoms with E-state index in [2.05, 4.69) is 5.32 Å². The molecule has 1 aliphatic carbocycles. The van der Waals surface area contributed by atoms with E-state index < -0.39 is 5.54 Å². The van der Waals surface area contributed by atoms with Crippen LogP contribution in [0.3, 0.4) is 0 Å². The first-order chi connectivity index (χ1) is 10.9. The molecule has 0 radical (unpaired) electrons. The third-order valence-corrected chi connectivity index (χ3v) is 3.93. The number of rotatable bonds is 7. The molecule has 0 aliphatic heterocycles. The Labute approximate surface area is 150 Å². The number of methoxy groups -OCH3 is 1. The van der Waals surface area contributed by atoms with Crippen molar-refractivity contribution in [3.05, 3.63) is 23.8 Å². The Kier molecular flexibility index (Phi) is 7.84. The molecule has 0 aromatic heterocycles. The first kappa shape index (κ1) is 20.6. The lowest BCUT2D eigenvalue weighted by molar-refractivity contribution is -0.122. The van der Waals surface area contributed by atoms with Crippen LogP contribution >= 0.6 is 12.4 Å². The number of benzene rings is 1. The number of carbonyl (C=O) groups excluding carboxylic acids is 1. The van der Waals surface area contributed by atoms with E-state index in [4.69, 9.17) is 15.2 Å². The van der Waals surface area contributed by atoms with Gasteiger partial charge in [-0.3, -0.25) is 4.79 Å². The van der Waals surface area contributed by atoms with Crippen LogP contribution in [0, 0.1) is 0 Å². The van der Waals surface area contributed by atoms with Crippen LogP contribution in [0.5, 0.6) is 11.5 Å². The second-order valence-corrected chi connectivity index (χ2v) is 6.95. The molecule has 136 valence electrons. The first-order valence-electron chi connectivity index (χ1n) is 8.26. The fourth-order valence-corrected chi connectivity index (χ4v) is 2.78. The van der Waals surface area contributed by atoms with Crippen molar-refractivity contribution < 1.29 is 14.3 Å². The van der Waals surface area contributed by atoms with Gasteiger partial charge in [-0.25, -0.2) is 0 Å². The van der Waals surface area contributed by atoms with Crippen LogP contribution in [-0.2, 0) is 11.3 Å². The Morgan fingerprint density at radius 1 is 1.29 bits per heavy atom. The maximum Gasteiger partial charge on any atom is 0.222 e. The zero-order valence-electron chi connectivity index (χ0n) is 14.8. The second-order valence-electron chi connectivity index (χ2n) is 6.95. The summed E-state index contributed by atoms with van der Waals surface area (Å²) in [4.78, 5) is 11.8. The van der Waals surface area contributed by atoms with E-state index >= 15 is 0 Å². The van der Waals surface area contributed by atoms with Crippen LogP contribution in [0.25, 0.3) is 0 Å². The van der Waals surface area contributed by atoms with Gasteiger partial charge in [0.05, 0.1) is 13.2 Å². The molecule has 0 spiro atoms. The lowest BCUT2D eigenvalue weighted by Gasteiger charge is -2.18. The van der Waals surface area contributed by atoms with Gasteiger partial charge in [0.2, 0.25) is 5.91 Å². The van der Waals surface area contributed by atoms with Crippen molar-refractivity contribution in [3.8, 4) is 11.5 Å². The van der Waals surface area contributed by atoms with Crippen molar-refractivity contribution in [2.45, 2.75) is 64.1 Å². The lowest BCUT2D eigenvalue weighted by atomic mass is 10.0. The Morgan fingerprint density at radius 2 is 1.96 bits per heavy atom. The van der Waals surface area contributed by atoms with Crippen LogP contribution in [-0.4, -0.2) is 24.7 Å². The molecular formula is C18H29ClN2O3. The van der Waals surface area contributed by atoms with Crippen LogP contribution in [0.15, 0.2) is 18.2 Å². The summed E-state index contributed by atoms with van der Waals surface area (Å²) in [6.45, 7) is 4.13. The predicted octanol–water partition coefficient (Wildman–Crippen LogP) is 3.18. The summed E-state index contributed by atoms with van der Waals surface area (Å²) < 4.78 is 11.4. The van der Waals surface area contributed by atoms with E-state index in [1.165, 1.54) is 12.8 Å². The topological polar surface area (TPSA) is 73.6 Å². The fourth-order valence-electron chi connectivity index (χ4n) is 2.78. The number of carbonyl (C=O) groups is 1. The molecule has 1 saturated carbocycles. The van der Waals surface area contributed by atoms with E-state index in [0.717, 1.165) is 24.2 Å². The minimum absolute atomic E-state index is 0. The molecule has 0 unspecified atom stereocenters. The summed E-state index contributed by atoms with van der Waals surface area (Å²) >= 11 is 0. The maximum absolute atomic E-state index is 11.8. The van der Waals surface area contributed by atoms with Crippen LogP contribution in [0.4, 0.5) is 0 Å². The van der Waals surface area contributed by atoms with E-state index in [1.54, 1.807) is 7.11 Å². The second kappa shape index (κ2) is 9.14. The molecule has 1 fully saturated rings. The standard InChI is InChI=1S/C18H28N2O3.ClH/c1-18(2,19)11-17(21)20-12-13-8-9-15(16(10-13)22-3)23-14-6-4-5-7-14;/h8-10,14H,4-7,11-12,19H2,1-3H3,(H,20,21);1H. The lowest BCUT2D eigenvalue weighted by Crippen LogP contribution is -2.38. The molecule has 1 amide bonds. The van der Waals surface area contributed by atoms with Crippen LogP contribution in [0.2, 0.25) is 0 Å². The minimum atomic E-state index is -0.499. The average molecular weight is 357 g/mol. The molecule has 1 aromatic rings. The number of amides is 1. The zero-order valence-corrected chi connectivity index (χ0v) is 15.6. The zero-order chi connectivity index (χ0) is 16.9. The van der Waals surface area contributed by atoms with Crippen LogP contribution in [0.1, 0.15) is 51.5 Å². The van der Waals surface area contributed by atoms with Crippen molar-refractivity contribution in [1.82, 2.24) is 5.32 Å². The largest absolute Gasteiger partial charge is 0.493 e. The Hall–Kier alpha value is -1.46. The van der Waals surface area contributed by atoms with Crippen molar-refractivity contribution in [2.24, 2.45) is 5.73 Å². The number of hydrogen-bond donors (Lipinski definition) is 2. The van der Waals surface area contributed by atoms with E-state index in [0.29, 0.717) is 24.8 Å². The third kappa shape index (κ3) is 6.57. The molecule has 0 heterocycles. The fraction of sp³-hybridized carbons (Fsp3) is 0.611. The Morgan fingerprint density at radius 3 is 2.54 bits per heavy atom. The van der Waals surface area contributed by atoms with Gasteiger partial charge in [0.15, 0.2) is 11.5 Å². The molecule has 3 N–H and O–H groups in total. The number of ether oxygens (including phenoxy) is 2. The summed E-state index contributed by atoms with van der Waals surface area (Å²) in [7, 11) is 1.64. The molecule has 24 heavy (non-hydrogen) atoms. The number of nitrogens with two attached hydrogens (primary N) is 1. The van der Waals surface area contributed by atoms with Gasteiger partial charge >= 0.3 is 0 Å². The summed E-state index contributed by atoms with van der Waals surface area (Å²) in [6.07, 6.45) is 5.27. The molecule has 6 heteroatoms. The van der Waals surface area contributed by atoms with Gasteiger partial charge in [0, 0.05) is 18.5 Å². The van der Waals surface area contributed by atoms with Crippen molar-refractivity contribution in [3.63, 3.8) is 0 Å². The smallest absolute Gasteiger partial charge is 0.222 e. The highest BCUT2D eigenvalue weighted by Gasteiger charge is 2.19. The molecule has 1 aliphatic rings. The van der Waals surface area contributed by atoms with Crippen LogP contribution < -0.4 is 20.5 Å². The third-order valence-electron chi connectivity index (χ3n) is 3.93. The van der Waals surface area contributed by atoms with Gasteiger partial charge < -0.3 is 20.5 Å². The summed E-state index contributed by atoms with van der Waals surface area (Å²) in [5.41, 5.74) is 6.33. The van der Waals surface area contributed by atoms with Gasteiger partial charge in [0.25, 0.3) is 0 Å². The van der Waals surface area contributed by atoms with Gasteiger partial charge in [0.1, 0.15) is 0 Å². The first-order valence-corrected chi connectivity index (χ1v) is 8.26. The normalized spacial score (nSPS) is 14.8. The van der Waals surface area contributed by atoms with Gasteiger partial charge in [-0.1, -0.05) is 6.07 Å². The highest BCUT2D eigenvalue weighted by molar-refractivity contribution is 5.85. The monoisotopic (exact) mass is 356 g/mol. The molecular weight excluding hydrogens is 328 g/mol. The highest BCUT2D eigenvalue weighted by atomic mass is 35.5. The SMILES string of the molecule is COc1cc(CNC(=O)CC(C)(C)N)ccc1OC1CCCC1.Cl. The molecule has 0 saturated heterocycles. The van der Waals surface area contributed by atoms with Crippen molar-refractivity contribution in [2.75, 3.05) is 7.11 Å². The maximum atomic E-state index is 11.8. The van der Waals surface area contributed by atoms with Crippen molar-refractivity contribution in [1.29, 1.82) is 0 Å². The molecule has 5 nitrogen and oxygen atoms in total. The van der Waals surface area contributed by atoms with E-state index in [1.807, 2.05) is 32.0 Å². The number of nitrogens with one attached hydrogen (secondary N) is 1.